The van der Waals surface area contributed by atoms with Crippen molar-refractivity contribution in [2.24, 2.45) is 5.73 Å². The van der Waals surface area contributed by atoms with Crippen LogP contribution in [0, 0.1) is 0 Å². The molecule has 0 spiro atoms. The largest absolute Gasteiger partial charge is 0.491 e. The van der Waals surface area contributed by atoms with Crippen molar-refractivity contribution in [2.75, 3.05) is 38.3 Å². The fraction of sp³-hybridized carbons (Fsp3) is 0.571. The SMILES string of the molecule is COCCC(N)CN1CCCOc2ccccc21. The predicted octanol–water partition coefficient (Wildman–Crippen LogP) is 1.64. The van der Waals surface area contributed by atoms with E-state index >= 15 is 0 Å². The molecule has 2 N–H and O–H groups in total. The number of hydrogen-bond acceptors (Lipinski definition) is 4. The van der Waals surface area contributed by atoms with Crippen molar-refractivity contribution in [3.63, 3.8) is 0 Å². The van der Waals surface area contributed by atoms with Crippen molar-refractivity contribution >= 4 is 5.69 Å². The Morgan fingerprint density at radius 1 is 1.44 bits per heavy atom. The van der Waals surface area contributed by atoms with Gasteiger partial charge < -0.3 is 20.1 Å². The molecule has 0 fully saturated rings. The molecule has 1 aliphatic heterocycles. The minimum absolute atomic E-state index is 0.135. The highest BCUT2D eigenvalue weighted by molar-refractivity contribution is 5.59. The van der Waals surface area contributed by atoms with E-state index in [1.807, 2.05) is 18.2 Å². The van der Waals surface area contributed by atoms with E-state index in [9.17, 15) is 0 Å². The average Bonchev–Trinajstić information content (AvgIpc) is 2.59. The summed E-state index contributed by atoms with van der Waals surface area (Å²) in [5, 5.41) is 0. The second-order valence-electron chi connectivity index (χ2n) is 4.66. The van der Waals surface area contributed by atoms with E-state index in [-0.39, 0.29) is 6.04 Å². The Morgan fingerprint density at radius 3 is 3.11 bits per heavy atom. The predicted molar refractivity (Wildman–Crippen MR) is 73.2 cm³/mol. The van der Waals surface area contributed by atoms with Gasteiger partial charge in [-0.05, 0) is 25.0 Å². The molecule has 0 saturated carbocycles. The third-order valence-corrected chi connectivity index (χ3v) is 3.18. The quantitative estimate of drug-likeness (QED) is 0.863. The third-order valence-electron chi connectivity index (χ3n) is 3.18. The van der Waals surface area contributed by atoms with Crippen LogP contribution in [0.5, 0.6) is 5.75 Å². The maximum Gasteiger partial charge on any atom is 0.142 e. The Kier molecular flexibility index (Phi) is 4.84. The molecule has 1 atom stereocenters. The smallest absolute Gasteiger partial charge is 0.142 e. The van der Waals surface area contributed by atoms with Crippen molar-refractivity contribution in [3.8, 4) is 5.75 Å². The van der Waals surface area contributed by atoms with Crippen LogP contribution in [-0.2, 0) is 4.74 Å². The summed E-state index contributed by atoms with van der Waals surface area (Å²) in [7, 11) is 1.71. The summed E-state index contributed by atoms with van der Waals surface area (Å²) in [6.45, 7) is 3.34. The fourth-order valence-corrected chi connectivity index (χ4v) is 2.23. The van der Waals surface area contributed by atoms with Crippen LogP contribution < -0.4 is 15.4 Å². The van der Waals surface area contributed by atoms with Crippen LogP contribution >= 0.6 is 0 Å². The first kappa shape index (κ1) is 13.2. The zero-order chi connectivity index (χ0) is 12.8. The average molecular weight is 250 g/mol. The molecule has 2 rings (SSSR count). The van der Waals surface area contributed by atoms with Gasteiger partial charge in [0.15, 0.2) is 0 Å². The first-order valence-electron chi connectivity index (χ1n) is 6.52. The lowest BCUT2D eigenvalue weighted by molar-refractivity contribution is 0.188. The van der Waals surface area contributed by atoms with Gasteiger partial charge in [-0.1, -0.05) is 12.1 Å². The Hall–Kier alpha value is -1.26. The van der Waals surface area contributed by atoms with Crippen molar-refractivity contribution in [1.82, 2.24) is 0 Å². The van der Waals surface area contributed by atoms with E-state index in [1.165, 1.54) is 0 Å². The van der Waals surface area contributed by atoms with Crippen LogP contribution in [0.25, 0.3) is 0 Å². The first-order valence-corrected chi connectivity index (χ1v) is 6.52. The Balaban J connectivity index is 2.03. The summed E-state index contributed by atoms with van der Waals surface area (Å²) < 4.78 is 10.8. The zero-order valence-corrected chi connectivity index (χ0v) is 11.0. The summed E-state index contributed by atoms with van der Waals surface area (Å²) in [4.78, 5) is 2.32. The molecule has 0 aliphatic carbocycles. The number of para-hydroxylation sites is 2. The molecular formula is C14H22N2O2. The lowest BCUT2D eigenvalue weighted by atomic mass is 10.2. The van der Waals surface area contributed by atoms with E-state index in [4.69, 9.17) is 15.2 Å². The van der Waals surface area contributed by atoms with Crippen LogP contribution in [0.15, 0.2) is 24.3 Å². The Labute approximate surface area is 109 Å². The summed E-state index contributed by atoms with van der Waals surface area (Å²) in [6, 6.07) is 8.31. The maximum atomic E-state index is 6.14. The zero-order valence-electron chi connectivity index (χ0n) is 11.0. The van der Waals surface area contributed by atoms with E-state index < -0.39 is 0 Å². The van der Waals surface area contributed by atoms with E-state index in [2.05, 4.69) is 11.0 Å². The molecule has 0 amide bonds. The number of methoxy groups -OCH3 is 1. The van der Waals surface area contributed by atoms with E-state index in [1.54, 1.807) is 7.11 Å². The number of fused-ring (bicyclic) bond motifs is 1. The molecule has 1 aromatic carbocycles. The van der Waals surface area contributed by atoms with Crippen molar-refractivity contribution in [2.45, 2.75) is 18.9 Å². The molecule has 18 heavy (non-hydrogen) atoms. The number of benzene rings is 1. The third kappa shape index (κ3) is 3.37. The van der Waals surface area contributed by atoms with Crippen molar-refractivity contribution < 1.29 is 9.47 Å². The molecule has 4 nitrogen and oxygen atoms in total. The highest BCUT2D eigenvalue weighted by atomic mass is 16.5. The van der Waals surface area contributed by atoms with E-state index in [0.717, 1.165) is 44.0 Å². The number of nitrogens with zero attached hydrogens (tertiary/aromatic N) is 1. The molecule has 0 aromatic heterocycles. The van der Waals surface area contributed by atoms with Crippen LogP contribution in [0.4, 0.5) is 5.69 Å². The number of ether oxygens (including phenoxy) is 2. The lowest BCUT2D eigenvalue weighted by Crippen LogP contribution is -2.38. The van der Waals surface area contributed by atoms with E-state index in [0.29, 0.717) is 6.61 Å². The number of nitrogens with two attached hydrogens (primary N) is 1. The molecule has 4 heteroatoms. The topological polar surface area (TPSA) is 47.7 Å². The van der Waals surface area contributed by atoms with Gasteiger partial charge in [0.25, 0.3) is 0 Å². The molecule has 100 valence electrons. The van der Waals surface area contributed by atoms with Gasteiger partial charge in [0.2, 0.25) is 0 Å². The summed E-state index contributed by atoms with van der Waals surface area (Å²) in [5.74, 6) is 0.967. The van der Waals surface area contributed by atoms with Gasteiger partial charge in [-0.2, -0.15) is 0 Å². The second-order valence-corrected chi connectivity index (χ2v) is 4.66. The van der Waals surface area contributed by atoms with Gasteiger partial charge in [-0.15, -0.1) is 0 Å². The number of hydrogen-bond donors (Lipinski definition) is 1. The molecule has 1 aromatic rings. The first-order chi connectivity index (χ1) is 8.81. The van der Waals surface area contributed by atoms with Crippen LogP contribution in [-0.4, -0.2) is 39.5 Å². The highest BCUT2D eigenvalue weighted by Crippen LogP contribution is 2.30. The molecule has 0 radical (unpaired) electrons. The van der Waals surface area contributed by atoms with Crippen molar-refractivity contribution in [1.29, 1.82) is 0 Å². The molecule has 1 aliphatic rings. The number of rotatable bonds is 5. The molecule has 1 unspecified atom stereocenters. The fourth-order valence-electron chi connectivity index (χ4n) is 2.23. The summed E-state index contributed by atoms with van der Waals surface area (Å²) in [6.07, 6.45) is 1.92. The van der Waals surface area contributed by atoms with Crippen LogP contribution in [0.1, 0.15) is 12.8 Å². The van der Waals surface area contributed by atoms with Crippen LogP contribution in [0.2, 0.25) is 0 Å². The highest BCUT2D eigenvalue weighted by Gasteiger charge is 2.17. The normalized spacial score (nSPS) is 16.7. The summed E-state index contributed by atoms with van der Waals surface area (Å²) in [5.41, 5.74) is 7.29. The number of anilines is 1. The van der Waals surface area contributed by atoms with Gasteiger partial charge in [-0.3, -0.25) is 0 Å². The second kappa shape index (κ2) is 6.61. The minimum atomic E-state index is 0.135. The van der Waals surface area contributed by atoms with Gasteiger partial charge in [0.05, 0.1) is 12.3 Å². The maximum absolute atomic E-state index is 6.14. The van der Waals surface area contributed by atoms with Gasteiger partial charge in [0, 0.05) is 32.8 Å². The monoisotopic (exact) mass is 250 g/mol. The lowest BCUT2D eigenvalue weighted by Gasteiger charge is -2.26. The minimum Gasteiger partial charge on any atom is -0.491 e. The van der Waals surface area contributed by atoms with Gasteiger partial charge >= 0.3 is 0 Å². The Bertz CT molecular complexity index is 371. The van der Waals surface area contributed by atoms with Gasteiger partial charge in [-0.25, -0.2) is 0 Å². The Morgan fingerprint density at radius 2 is 2.28 bits per heavy atom. The standard InChI is InChI=1S/C14H22N2O2/c1-17-10-7-12(15)11-16-8-4-9-18-14-6-3-2-5-13(14)16/h2-3,5-6,12H,4,7-11,15H2,1H3. The van der Waals surface area contributed by atoms with Crippen LogP contribution in [0.3, 0.4) is 0 Å². The molecule has 0 saturated heterocycles. The molecule has 1 heterocycles. The summed E-state index contributed by atoms with van der Waals surface area (Å²) >= 11 is 0. The van der Waals surface area contributed by atoms with Crippen molar-refractivity contribution in [3.05, 3.63) is 24.3 Å². The molecular weight excluding hydrogens is 228 g/mol. The van der Waals surface area contributed by atoms with Gasteiger partial charge in [0.1, 0.15) is 5.75 Å². The molecule has 0 bridgehead atoms.